The molecule has 0 aromatic heterocycles. The number of amides is 2. The molecule has 132 valence electrons. The summed E-state index contributed by atoms with van der Waals surface area (Å²) in [6.45, 7) is 5.73. The molecule has 0 unspecified atom stereocenters. The van der Waals surface area contributed by atoms with Crippen LogP contribution in [0.25, 0.3) is 0 Å². The molecule has 2 rings (SSSR count). The standard InChI is InChI=1S/C19H21IN2O3/c1-12(2)25-14-8-9-17(13(3)10-14)22-18(23)11-21-19(24)15-6-4-5-7-16(15)20/h4-10,12H,11H2,1-3H3,(H,21,24)(H,22,23). The molecule has 0 heterocycles. The van der Waals surface area contributed by atoms with Crippen molar-refractivity contribution in [3.8, 4) is 5.75 Å². The van der Waals surface area contributed by atoms with E-state index in [1.807, 2.05) is 45.0 Å². The summed E-state index contributed by atoms with van der Waals surface area (Å²) >= 11 is 2.09. The van der Waals surface area contributed by atoms with E-state index in [1.165, 1.54) is 0 Å². The minimum Gasteiger partial charge on any atom is -0.491 e. The number of hydrogen-bond donors (Lipinski definition) is 2. The summed E-state index contributed by atoms with van der Waals surface area (Å²) in [5, 5.41) is 5.44. The molecule has 25 heavy (non-hydrogen) atoms. The first-order valence-electron chi connectivity index (χ1n) is 7.96. The predicted molar refractivity (Wildman–Crippen MR) is 107 cm³/mol. The highest BCUT2D eigenvalue weighted by Gasteiger charge is 2.11. The van der Waals surface area contributed by atoms with Crippen LogP contribution in [0.5, 0.6) is 5.75 Å². The molecule has 2 aromatic carbocycles. The van der Waals surface area contributed by atoms with Gasteiger partial charge in [-0.3, -0.25) is 9.59 Å². The van der Waals surface area contributed by atoms with Crippen molar-refractivity contribution in [3.63, 3.8) is 0 Å². The van der Waals surface area contributed by atoms with Gasteiger partial charge in [0.2, 0.25) is 5.91 Å². The number of ether oxygens (including phenoxy) is 1. The van der Waals surface area contributed by atoms with Crippen molar-refractivity contribution in [2.75, 3.05) is 11.9 Å². The Hall–Kier alpha value is -2.09. The maximum absolute atomic E-state index is 12.1. The number of carbonyl (C=O) groups is 2. The van der Waals surface area contributed by atoms with E-state index in [9.17, 15) is 9.59 Å². The van der Waals surface area contributed by atoms with Gasteiger partial charge >= 0.3 is 0 Å². The van der Waals surface area contributed by atoms with Crippen LogP contribution < -0.4 is 15.4 Å². The Labute approximate surface area is 161 Å². The largest absolute Gasteiger partial charge is 0.491 e. The van der Waals surface area contributed by atoms with Crippen LogP contribution in [0.15, 0.2) is 42.5 Å². The molecule has 2 amide bonds. The van der Waals surface area contributed by atoms with Crippen LogP contribution in [0.1, 0.15) is 29.8 Å². The molecule has 0 aliphatic rings. The second kappa shape index (κ2) is 8.84. The SMILES string of the molecule is Cc1cc(OC(C)C)ccc1NC(=O)CNC(=O)c1ccccc1I. The van der Waals surface area contributed by atoms with Gasteiger partial charge in [0, 0.05) is 9.26 Å². The Morgan fingerprint density at radius 2 is 1.88 bits per heavy atom. The molecule has 0 aliphatic carbocycles. The molecule has 0 fully saturated rings. The number of benzene rings is 2. The lowest BCUT2D eigenvalue weighted by Gasteiger charge is -2.13. The molecule has 5 nitrogen and oxygen atoms in total. The van der Waals surface area contributed by atoms with E-state index in [2.05, 4.69) is 33.2 Å². The van der Waals surface area contributed by atoms with Gasteiger partial charge in [-0.25, -0.2) is 0 Å². The van der Waals surface area contributed by atoms with Crippen LogP contribution in [0.4, 0.5) is 5.69 Å². The molecule has 0 bridgehead atoms. The van der Waals surface area contributed by atoms with E-state index < -0.39 is 0 Å². The van der Waals surface area contributed by atoms with Gasteiger partial charge in [0.1, 0.15) is 5.75 Å². The average molecular weight is 452 g/mol. The zero-order chi connectivity index (χ0) is 18.4. The van der Waals surface area contributed by atoms with Crippen molar-refractivity contribution in [1.29, 1.82) is 0 Å². The van der Waals surface area contributed by atoms with E-state index >= 15 is 0 Å². The summed E-state index contributed by atoms with van der Waals surface area (Å²) in [7, 11) is 0. The number of carbonyl (C=O) groups excluding carboxylic acids is 2. The van der Waals surface area contributed by atoms with Gasteiger partial charge in [-0.1, -0.05) is 12.1 Å². The number of hydrogen-bond acceptors (Lipinski definition) is 3. The highest BCUT2D eigenvalue weighted by Crippen LogP contribution is 2.22. The van der Waals surface area contributed by atoms with Crippen LogP contribution in [-0.2, 0) is 4.79 Å². The maximum atomic E-state index is 12.1. The molecular weight excluding hydrogens is 431 g/mol. The van der Waals surface area contributed by atoms with Crippen LogP contribution >= 0.6 is 22.6 Å². The molecule has 0 aliphatic heterocycles. The van der Waals surface area contributed by atoms with Gasteiger partial charge < -0.3 is 15.4 Å². The molecule has 0 saturated heterocycles. The average Bonchev–Trinajstić information content (AvgIpc) is 2.55. The lowest BCUT2D eigenvalue weighted by molar-refractivity contribution is -0.115. The third-order valence-corrected chi connectivity index (χ3v) is 4.31. The third kappa shape index (κ3) is 5.74. The summed E-state index contributed by atoms with van der Waals surface area (Å²) in [6, 6.07) is 12.7. The summed E-state index contributed by atoms with van der Waals surface area (Å²) in [5.41, 5.74) is 2.15. The van der Waals surface area contributed by atoms with Crippen molar-refractivity contribution in [3.05, 3.63) is 57.2 Å². The minimum absolute atomic E-state index is 0.0898. The Kier molecular flexibility index (Phi) is 6.81. The zero-order valence-corrected chi connectivity index (χ0v) is 16.6. The lowest BCUT2D eigenvalue weighted by Crippen LogP contribution is -2.33. The lowest BCUT2D eigenvalue weighted by atomic mass is 10.2. The fourth-order valence-corrected chi connectivity index (χ4v) is 2.85. The molecule has 0 spiro atoms. The summed E-state index contributed by atoms with van der Waals surface area (Å²) in [5.74, 6) is 0.218. The van der Waals surface area contributed by atoms with Crippen LogP contribution in [-0.4, -0.2) is 24.5 Å². The normalized spacial score (nSPS) is 10.4. The van der Waals surface area contributed by atoms with Crippen LogP contribution in [0.2, 0.25) is 0 Å². The number of halogens is 1. The molecule has 0 atom stereocenters. The minimum atomic E-state index is -0.278. The fraction of sp³-hybridized carbons (Fsp3) is 0.263. The summed E-state index contributed by atoms with van der Waals surface area (Å²) in [4.78, 5) is 24.2. The monoisotopic (exact) mass is 452 g/mol. The van der Waals surface area contributed by atoms with Crippen molar-refractivity contribution in [2.24, 2.45) is 0 Å². The summed E-state index contributed by atoms with van der Waals surface area (Å²) < 4.78 is 6.47. The van der Waals surface area contributed by atoms with Crippen molar-refractivity contribution >= 4 is 40.1 Å². The van der Waals surface area contributed by atoms with E-state index in [0.29, 0.717) is 11.3 Å². The maximum Gasteiger partial charge on any atom is 0.252 e. The van der Waals surface area contributed by atoms with Crippen LogP contribution in [0.3, 0.4) is 0 Å². The number of nitrogens with one attached hydrogen (secondary N) is 2. The molecule has 0 radical (unpaired) electrons. The second-order valence-electron chi connectivity index (χ2n) is 5.85. The molecule has 0 saturated carbocycles. The van der Waals surface area contributed by atoms with E-state index in [0.717, 1.165) is 14.9 Å². The molecule has 2 aromatic rings. The van der Waals surface area contributed by atoms with Crippen LogP contribution in [0, 0.1) is 10.5 Å². The molecular formula is C19H21IN2O3. The van der Waals surface area contributed by atoms with E-state index in [-0.39, 0.29) is 24.5 Å². The second-order valence-corrected chi connectivity index (χ2v) is 7.02. The van der Waals surface area contributed by atoms with Crippen molar-refractivity contribution < 1.29 is 14.3 Å². The van der Waals surface area contributed by atoms with E-state index in [1.54, 1.807) is 18.2 Å². The Balaban J connectivity index is 1.92. The topological polar surface area (TPSA) is 67.4 Å². The fourth-order valence-electron chi connectivity index (χ4n) is 2.22. The van der Waals surface area contributed by atoms with Crippen molar-refractivity contribution in [1.82, 2.24) is 5.32 Å². The number of anilines is 1. The third-order valence-electron chi connectivity index (χ3n) is 3.37. The van der Waals surface area contributed by atoms with Gasteiger partial charge in [0.15, 0.2) is 0 Å². The van der Waals surface area contributed by atoms with Gasteiger partial charge in [-0.15, -0.1) is 0 Å². The Morgan fingerprint density at radius 1 is 1.16 bits per heavy atom. The first-order chi connectivity index (χ1) is 11.9. The first-order valence-corrected chi connectivity index (χ1v) is 9.04. The van der Waals surface area contributed by atoms with E-state index in [4.69, 9.17) is 4.74 Å². The Bertz CT molecular complexity index is 775. The molecule has 2 N–H and O–H groups in total. The quantitative estimate of drug-likeness (QED) is 0.657. The number of rotatable bonds is 6. The highest BCUT2D eigenvalue weighted by atomic mass is 127. The zero-order valence-electron chi connectivity index (χ0n) is 14.4. The number of aryl methyl sites for hydroxylation is 1. The highest BCUT2D eigenvalue weighted by molar-refractivity contribution is 14.1. The molecule has 6 heteroatoms. The van der Waals surface area contributed by atoms with Gasteiger partial charge in [0.25, 0.3) is 5.91 Å². The van der Waals surface area contributed by atoms with Crippen molar-refractivity contribution in [2.45, 2.75) is 26.9 Å². The van der Waals surface area contributed by atoms with Gasteiger partial charge in [-0.05, 0) is 79.3 Å². The smallest absolute Gasteiger partial charge is 0.252 e. The van der Waals surface area contributed by atoms with Gasteiger partial charge in [0.05, 0.1) is 18.2 Å². The summed E-state index contributed by atoms with van der Waals surface area (Å²) in [6.07, 6.45) is 0.0934. The first kappa shape index (κ1) is 19.2. The van der Waals surface area contributed by atoms with Gasteiger partial charge in [-0.2, -0.15) is 0 Å². The Morgan fingerprint density at radius 3 is 2.52 bits per heavy atom. The predicted octanol–water partition coefficient (Wildman–Crippen LogP) is 3.76.